The second-order valence-corrected chi connectivity index (χ2v) is 3.84. The summed E-state index contributed by atoms with van der Waals surface area (Å²) in [5, 5.41) is 15.6. The lowest BCUT2D eigenvalue weighted by atomic mass is 10.3. The molecular weight excluding hydrogens is 248 g/mol. The van der Waals surface area contributed by atoms with E-state index in [9.17, 15) is 4.79 Å². The Bertz CT molecular complexity index is 554. The third kappa shape index (κ3) is 3.66. The smallest absolute Gasteiger partial charge is 0.303 e. The number of nitrogens with one attached hydrogen (secondary N) is 1. The van der Waals surface area contributed by atoms with Gasteiger partial charge >= 0.3 is 5.97 Å². The van der Waals surface area contributed by atoms with Crippen LogP contribution in [0.5, 0.6) is 0 Å². The summed E-state index contributed by atoms with van der Waals surface area (Å²) in [7, 11) is 0. The molecule has 0 atom stereocenters. The van der Waals surface area contributed by atoms with Crippen molar-refractivity contribution in [1.29, 1.82) is 0 Å². The molecule has 0 aliphatic carbocycles. The van der Waals surface area contributed by atoms with Gasteiger partial charge in [-0.15, -0.1) is 0 Å². The van der Waals surface area contributed by atoms with Crippen molar-refractivity contribution in [1.82, 2.24) is 19.7 Å². The molecule has 0 radical (unpaired) electrons. The summed E-state index contributed by atoms with van der Waals surface area (Å²) in [4.78, 5) is 18.5. The van der Waals surface area contributed by atoms with E-state index in [1.807, 2.05) is 0 Å². The number of carbonyl (C=O) groups is 1. The van der Waals surface area contributed by atoms with Crippen LogP contribution in [0.1, 0.15) is 12.8 Å². The second-order valence-electron chi connectivity index (χ2n) is 3.84. The summed E-state index contributed by atoms with van der Waals surface area (Å²) in [5.74, 6) is 0.414. The van der Waals surface area contributed by atoms with Gasteiger partial charge in [-0.1, -0.05) is 0 Å². The van der Waals surface area contributed by atoms with Gasteiger partial charge in [-0.3, -0.25) is 4.79 Å². The molecule has 0 aromatic carbocycles. The molecule has 2 rings (SSSR count). The van der Waals surface area contributed by atoms with Crippen LogP contribution in [0.2, 0.25) is 0 Å². The van der Waals surface area contributed by atoms with E-state index >= 15 is 0 Å². The van der Waals surface area contributed by atoms with Gasteiger partial charge in [0.15, 0.2) is 5.82 Å². The lowest BCUT2D eigenvalue weighted by Gasteiger charge is -2.07. The summed E-state index contributed by atoms with van der Waals surface area (Å²) in [6.45, 7) is 0.501. The molecule has 0 aliphatic heterocycles. The number of carboxylic acid groups (broad SMARTS) is 1. The average Bonchev–Trinajstić information content (AvgIpc) is 2.87. The Morgan fingerprint density at radius 2 is 2.32 bits per heavy atom. The minimum Gasteiger partial charge on any atom is -0.481 e. The zero-order chi connectivity index (χ0) is 13.7. The van der Waals surface area contributed by atoms with E-state index in [-0.39, 0.29) is 12.4 Å². The maximum Gasteiger partial charge on any atom is 0.303 e. The zero-order valence-electron chi connectivity index (χ0n) is 10.2. The van der Waals surface area contributed by atoms with Crippen LogP contribution in [-0.2, 0) is 4.79 Å². The number of nitrogens with zero attached hydrogens (tertiary/aromatic N) is 4. The lowest BCUT2D eigenvalue weighted by molar-refractivity contribution is -0.137. The van der Waals surface area contributed by atoms with Crippen LogP contribution in [0.15, 0.2) is 24.5 Å². The van der Waals surface area contributed by atoms with E-state index in [4.69, 9.17) is 10.8 Å². The van der Waals surface area contributed by atoms with Crippen LogP contribution in [0.3, 0.4) is 0 Å². The predicted molar refractivity (Wildman–Crippen MR) is 68.9 cm³/mol. The first-order chi connectivity index (χ1) is 9.15. The molecule has 0 amide bonds. The number of nitrogens with two attached hydrogens (primary N) is 1. The molecule has 100 valence electrons. The molecule has 0 unspecified atom stereocenters. The third-order valence-electron chi connectivity index (χ3n) is 2.34. The molecule has 2 heterocycles. The fourth-order valence-corrected chi connectivity index (χ4v) is 1.52. The summed E-state index contributed by atoms with van der Waals surface area (Å²) >= 11 is 0. The van der Waals surface area contributed by atoms with Gasteiger partial charge in [-0.25, -0.2) is 4.68 Å². The fraction of sp³-hybridized carbons (Fsp3) is 0.273. The molecule has 19 heavy (non-hydrogen) atoms. The predicted octanol–water partition coefficient (Wildman–Crippen LogP) is 0.521. The Balaban J connectivity index is 2.03. The van der Waals surface area contributed by atoms with Gasteiger partial charge in [-0.2, -0.15) is 15.1 Å². The van der Waals surface area contributed by atoms with Gasteiger partial charge in [-0.05, 0) is 12.5 Å². The summed E-state index contributed by atoms with van der Waals surface area (Å²) in [5.41, 5.74) is 5.62. The van der Waals surface area contributed by atoms with Crippen molar-refractivity contribution >= 4 is 17.7 Å². The largest absolute Gasteiger partial charge is 0.481 e. The third-order valence-corrected chi connectivity index (χ3v) is 2.34. The highest BCUT2D eigenvalue weighted by Gasteiger charge is 2.04. The number of aliphatic carboxylic acids is 1. The van der Waals surface area contributed by atoms with E-state index in [0.29, 0.717) is 24.6 Å². The van der Waals surface area contributed by atoms with Gasteiger partial charge in [0, 0.05) is 31.4 Å². The average molecular weight is 262 g/mol. The van der Waals surface area contributed by atoms with E-state index < -0.39 is 5.97 Å². The molecule has 0 spiro atoms. The number of rotatable bonds is 6. The van der Waals surface area contributed by atoms with Crippen LogP contribution in [0, 0.1) is 0 Å². The molecule has 8 nitrogen and oxygen atoms in total. The molecule has 4 N–H and O–H groups in total. The Hall–Kier alpha value is -2.64. The Labute approximate surface area is 109 Å². The van der Waals surface area contributed by atoms with Gasteiger partial charge in [0.1, 0.15) is 5.82 Å². The normalized spacial score (nSPS) is 10.3. The standard InChI is InChI=1S/C11H14N6O2/c12-11-15-8(13-4-1-3-10(18)19)7-9(16-11)17-6-2-5-14-17/h2,5-7H,1,3-4H2,(H,18,19)(H3,12,13,15,16). The Morgan fingerprint density at radius 1 is 1.47 bits per heavy atom. The van der Waals surface area contributed by atoms with Crippen LogP contribution in [-0.4, -0.2) is 37.4 Å². The topological polar surface area (TPSA) is 119 Å². The highest BCUT2D eigenvalue weighted by molar-refractivity contribution is 5.66. The van der Waals surface area contributed by atoms with Crippen LogP contribution < -0.4 is 11.1 Å². The van der Waals surface area contributed by atoms with Gasteiger partial charge in [0.25, 0.3) is 0 Å². The highest BCUT2D eigenvalue weighted by atomic mass is 16.4. The monoisotopic (exact) mass is 262 g/mol. The van der Waals surface area contributed by atoms with Crippen molar-refractivity contribution in [2.24, 2.45) is 0 Å². The maximum atomic E-state index is 10.4. The zero-order valence-corrected chi connectivity index (χ0v) is 10.2. The number of anilines is 2. The number of hydrogen-bond acceptors (Lipinski definition) is 6. The fourth-order valence-electron chi connectivity index (χ4n) is 1.52. The molecule has 8 heteroatoms. The summed E-state index contributed by atoms with van der Waals surface area (Å²) in [6.07, 6.45) is 4.00. The van der Waals surface area contributed by atoms with Crippen molar-refractivity contribution < 1.29 is 9.90 Å². The second kappa shape index (κ2) is 5.80. The van der Waals surface area contributed by atoms with E-state index in [1.54, 1.807) is 29.2 Å². The number of nitrogen functional groups attached to an aromatic ring is 1. The molecule has 0 fully saturated rings. The van der Waals surface area contributed by atoms with Crippen molar-refractivity contribution in [3.8, 4) is 5.82 Å². The van der Waals surface area contributed by atoms with Crippen molar-refractivity contribution in [2.75, 3.05) is 17.6 Å². The number of aromatic nitrogens is 4. The van der Waals surface area contributed by atoms with Crippen molar-refractivity contribution in [3.05, 3.63) is 24.5 Å². The lowest BCUT2D eigenvalue weighted by Crippen LogP contribution is -2.10. The van der Waals surface area contributed by atoms with E-state index in [2.05, 4.69) is 20.4 Å². The maximum absolute atomic E-state index is 10.4. The van der Waals surface area contributed by atoms with Gasteiger partial charge in [0.05, 0.1) is 0 Å². The van der Waals surface area contributed by atoms with Crippen molar-refractivity contribution in [3.63, 3.8) is 0 Å². The van der Waals surface area contributed by atoms with Crippen LogP contribution >= 0.6 is 0 Å². The van der Waals surface area contributed by atoms with E-state index in [0.717, 1.165) is 0 Å². The molecule has 2 aromatic rings. The Morgan fingerprint density at radius 3 is 3.00 bits per heavy atom. The minimum absolute atomic E-state index is 0.111. The molecule has 0 aliphatic rings. The quantitative estimate of drug-likeness (QED) is 0.649. The van der Waals surface area contributed by atoms with Gasteiger partial charge in [0.2, 0.25) is 5.95 Å². The number of hydrogen-bond donors (Lipinski definition) is 3. The van der Waals surface area contributed by atoms with Crippen LogP contribution in [0.25, 0.3) is 5.82 Å². The summed E-state index contributed by atoms with van der Waals surface area (Å²) in [6, 6.07) is 3.47. The highest BCUT2D eigenvalue weighted by Crippen LogP contribution is 2.11. The van der Waals surface area contributed by atoms with E-state index in [1.165, 1.54) is 0 Å². The first kappa shape index (κ1) is 12.8. The minimum atomic E-state index is -0.818. The SMILES string of the molecule is Nc1nc(NCCCC(=O)O)cc(-n2cccn2)n1. The number of carboxylic acids is 1. The van der Waals surface area contributed by atoms with Gasteiger partial charge < -0.3 is 16.2 Å². The Kier molecular flexibility index (Phi) is 3.91. The summed E-state index contributed by atoms with van der Waals surface area (Å²) < 4.78 is 1.57. The van der Waals surface area contributed by atoms with Crippen LogP contribution in [0.4, 0.5) is 11.8 Å². The molecular formula is C11H14N6O2. The molecule has 0 bridgehead atoms. The molecule has 0 saturated heterocycles. The van der Waals surface area contributed by atoms with Crippen molar-refractivity contribution in [2.45, 2.75) is 12.8 Å². The first-order valence-electron chi connectivity index (χ1n) is 5.75. The first-order valence-corrected chi connectivity index (χ1v) is 5.75. The molecule has 0 saturated carbocycles. The molecule has 2 aromatic heterocycles.